The fraction of sp³-hybridized carbons (Fsp3) is 0.467. The number of hydrogen-bond donors (Lipinski definition) is 1. The molecule has 2 nitrogen and oxygen atoms in total. The van der Waals surface area contributed by atoms with Crippen LogP contribution in [0, 0.1) is 13.8 Å². The number of hydrogen-bond acceptors (Lipinski definition) is 1. The van der Waals surface area contributed by atoms with Gasteiger partial charge in [0.15, 0.2) is 0 Å². The molecule has 2 rings (SSSR count). The molecule has 1 N–H and O–H groups in total. The number of nitrogens with zero attached hydrogens (tertiary/aromatic N) is 1. The first-order valence-corrected chi connectivity index (χ1v) is 6.37. The molecule has 0 aliphatic rings. The summed E-state index contributed by atoms with van der Waals surface area (Å²) in [5, 5.41) is 10.5. The molecule has 2 aromatic rings. The Morgan fingerprint density at radius 2 is 1.88 bits per heavy atom. The van der Waals surface area contributed by atoms with E-state index in [2.05, 4.69) is 43.7 Å². The molecule has 1 aromatic heterocycles. The number of fused-ring (bicyclic) bond motifs is 1. The maximum atomic E-state index is 9.16. The Balaban J connectivity index is 2.71. The molecule has 0 saturated heterocycles. The van der Waals surface area contributed by atoms with Crippen molar-refractivity contribution >= 4 is 10.9 Å². The quantitative estimate of drug-likeness (QED) is 0.859. The van der Waals surface area contributed by atoms with Crippen molar-refractivity contribution in [3.8, 4) is 0 Å². The number of aryl methyl sites for hydroxylation is 3. The topological polar surface area (TPSA) is 25.2 Å². The molecule has 0 atom stereocenters. The second kappa shape index (κ2) is 4.92. The molecule has 0 radical (unpaired) electrons. The van der Waals surface area contributed by atoms with Crippen LogP contribution >= 0.6 is 0 Å². The molecule has 0 spiro atoms. The van der Waals surface area contributed by atoms with Crippen LogP contribution in [0.1, 0.15) is 30.0 Å². The van der Waals surface area contributed by atoms with Crippen molar-refractivity contribution in [2.24, 2.45) is 0 Å². The predicted molar refractivity (Wildman–Crippen MR) is 72.5 cm³/mol. The van der Waals surface area contributed by atoms with Crippen LogP contribution in [0.3, 0.4) is 0 Å². The average Bonchev–Trinajstić information content (AvgIpc) is 2.65. The third-order valence-electron chi connectivity index (χ3n) is 3.37. The van der Waals surface area contributed by atoms with Crippen LogP contribution in [0.5, 0.6) is 0 Å². The lowest BCUT2D eigenvalue weighted by atomic mass is 10.0. The lowest BCUT2D eigenvalue weighted by Crippen LogP contribution is -2.01. The Kier molecular flexibility index (Phi) is 3.53. The lowest BCUT2D eigenvalue weighted by molar-refractivity contribution is 0.278. The molecule has 0 bridgehead atoms. The van der Waals surface area contributed by atoms with Gasteiger partial charge in [-0.15, -0.1) is 0 Å². The van der Waals surface area contributed by atoms with Gasteiger partial charge in [0.25, 0.3) is 0 Å². The standard InChI is InChI=1S/C15H21NO/c1-4-5-13-10-16(8-9-17)15-12(3)7-6-11(2)14(13)15/h6-7,10,17H,4-5,8-9H2,1-3H3. The van der Waals surface area contributed by atoms with Crippen molar-refractivity contribution in [2.75, 3.05) is 6.61 Å². The van der Waals surface area contributed by atoms with E-state index >= 15 is 0 Å². The molecule has 0 aliphatic heterocycles. The summed E-state index contributed by atoms with van der Waals surface area (Å²) in [5.74, 6) is 0. The van der Waals surface area contributed by atoms with E-state index in [1.165, 1.54) is 27.6 Å². The molecule has 17 heavy (non-hydrogen) atoms. The first-order chi connectivity index (χ1) is 8.19. The summed E-state index contributed by atoms with van der Waals surface area (Å²) >= 11 is 0. The summed E-state index contributed by atoms with van der Waals surface area (Å²) in [6.07, 6.45) is 4.48. The van der Waals surface area contributed by atoms with E-state index < -0.39 is 0 Å². The molecule has 92 valence electrons. The molecule has 0 amide bonds. The van der Waals surface area contributed by atoms with E-state index in [0.29, 0.717) is 6.54 Å². The molecule has 1 heterocycles. The van der Waals surface area contributed by atoms with E-state index in [1.807, 2.05) is 0 Å². The van der Waals surface area contributed by atoms with Crippen molar-refractivity contribution in [3.05, 3.63) is 35.0 Å². The van der Waals surface area contributed by atoms with Crippen LogP contribution < -0.4 is 0 Å². The Bertz CT molecular complexity index is 479. The highest BCUT2D eigenvalue weighted by Gasteiger charge is 2.11. The first kappa shape index (κ1) is 12.2. The maximum absolute atomic E-state index is 9.16. The number of aliphatic hydroxyl groups is 1. The minimum atomic E-state index is 0.197. The zero-order valence-corrected chi connectivity index (χ0v) is 11.0. The van der Waals surface area contributed by atoms with Crippen LogP contribution in [-0.2, 0) is 13.0 Å². The number of rotatable bonds is 4. The monoisotopic (exact) mass is 231 g/mol. The summed E-state index contributed by atoms with van der Waals surface area (Å²) in [6, 6.07) is 4.36. The van der Waals surface area contributed by atoms with Gasteiger partial charge in [0, 0.05) is 18.1 Å². The Morgan fingerprint density at radius 1 is 1.18 bits per heavy atom. The lowest BCUT2D eigenvalue weighted by Gasteiger charge is -2.07. The van der Waals surface area contributed by atoms with Crippen LogP contribution in [-0.4, -0.2) is 16.3 Å². The van der Waals surface area contributed by atoms with Gasteiger partial charge in [-0.05, 0) is 37.0 Å². The molecule has 0 saturated carbocycles. The Labute approximate surface area is 103 Å². The molecular formula is C15H21NO. The molecule has 2 heteroatoms. The SMILES string of the molecule is CCCc1cn(CCO)c2c(C)ccc(C)c12. The fourth-order valence-electron chi connectivity index (χ4n) is 2.63. The van der Waals surface area contributed by atoms with Crippen LogP contribution in [0.4, 0.5) is 0 Å². The summed E-state index contributed by atoms with van der Waals surface area (Å²) in [4.78, 5) is 0. The van der Waals surface area contributed by atoms with Crippen LogP contribution in [0.25, 0.3) is 10.9 Å². The predicted octanol–water partition coefficient (Wildman–Crippen LogP) is 3.20. The largest absolute Gasteiger partial charge is 0.395 e. The Morgan fingerprint density at radius 3 is 2.53 bits per heavy atom. The number of aromatic nitrogens is 1. The third-order valence-corrected chi connectivity index (χ3v) is 3.37. The zero-order chi connectivity index (χ0) is 12.4. The first-order valence-electron chi connectivity index (χ1n) is 6.37. The molecule has 0 unspecified atom stereocenters. The van der Waals surface area contributed by atoms with Gasteiger partial charge in [0.1, 0.15) is 0 Å². The van der Waals surface area contributed by atoms with Crippen LogP contribution in [0.2, 0.25) is 0 Å². The molecule has 0 fully saturated rings. The fourth-order valence-corrected chi connectivity index (χ4v) is 2.63. The van der Waals surface area contributed by atoms with E-state index in [0.717, 1.165) is 12.8 Å². The summed E-state index contributed by atoms with van der Waals surface area (Å²) in [5.41, 5.74) is 5.34. The second-order valence-corrected chi connectivity index (χ2v) is 4.74. The molecule has 0 aliphatic carbocycles. The second-order valence-electron chi connectivity index (χ2n) is 4.74. The van der Waals surface area contributed by atoms with Gasteiger partial charge in [-0.25, -0.2) is 0 Å². The van der Waals surface area contributed by atoms with E-state index in [4.69, 9.17) is 5.11 Å². The number of aliphatic hydroxyl groups excluding tert-OH is 1. The molecule has 1 aromatic carbocycles. The van der Waals surface area contributed by atoms with Gasteiger partial charge in [-0.3, -0.25) is 0 Å². The van der Waals surface area contributed by atoms with Gasteiger partial charge in [0.2, 0.25) is 0 Å². The summed E-state index contributed by atoms with van der Waals surface area (Å²) < 4.78 is 2.20. The van der Waals surface area contributed by atoms with E-state index in [-0.39, 0.29) is 6.61 Å². The van der Waals surface area contributed by atoms with Gasteiger partial charge < -0.3 is 9.67 Å². The smallest absolute Gasteiger partial charge is 0.0610 e. The maximum Gasteiger partial charge on any atom is 0.0610 e. The average molecular weight is 231 g/mol. The minimum absolute atomic E-state index is 0.197. The molecular weight excluding hydrogens is 210 g/mol. The normalized spacial score (nSPS) is 11.3. The van der Waals surface area contributed by atoms with Crippen molar-refractivity contribution in [1.29, 1.82) is 0 Å². The highest BCUT2D eigenvalue weighted by molar-refractivity contribution is 5.89. The van der Waals surface area contributed by atoms with Gasteiger partial charge in [0.05, 0.1) is 12.1 Å². The van der Waals surface area contributed by atoms with Crippen molar-refractivity contribution in [1.82, 2.24) is 4.57 Å². The van der Waals surface area contributed by atoms with E-state index in [1.54, 1.807) is 0 Å². The summed E-state index contributed by atoms with van der Waals surface area (Å²) in [7, 11) is 0. The van der Waals surface area contributed by atoms with Crippen molar-refractivity contribution in [2.45, 2.75) is 40.2 Å². The Hall–Kier alpha value is -1.28. The summed E-state index contributed by atoms with van der Waals surface area (Å²) in [6.45, 7) is 7.41. The highest BCUT2D eigenvalue weighted by Crippen LogP contribution is 2.28. The van der Waals surface area contributed by atoms with Gasteiger partial charge >= 0.3 is 0 Å². The van der Waals surface area contributed by atoms with Gasteiger partial charge in [-0.1, -0.05) is 25.5 Å². The minimum Gasteiger partial charge on any atom is -0.395 e. The van der Waals surface area contributed by atoms with E-state index in [9.17, 15) is 0 Å². The van der Waals surface area contributed by atoms with Crippen molar-refractivity contribution < 1.29 is 5.11 Å². The zero-order valence-electron chi connectivity index (χ0n) is 11.0. The van der Waals surface area contributed by atoms with Crippen molar-refractivity contribution in [3.63, 3.8) is 0 Å². The third kappa shape index (κ3) is 2.09. The van der Waals surface area contributed by atoms with Crippen LogP contribution in [0.15, 0.2) is 18.3 Å². The number of benzene rings is 1. The highest BCUT2D eigenvalue weighted by atomic mass is 16.3. The van der Waals surface area contributed by atoms with Gasteiger partial charge in [-0.2, -0.15) is 0 Å².